The Morgan fingerprint density at radius 1 is 1.13 bits per heavy atom. The molecule has 0 unspecified atom stereocenters. The second kappa shape index (κ2) is 10.3. The van der Waals surface area contributed by atoms with E-state index >= 15 is 0 Å². The van der Waals surface area contributed by atoms with Crippen LogP contribution in [0.5, 0.6) is 0 Å². The Hall–Kier alpha value is -3.10. The van der Waals surface area contributed by atoms with Crippen molar-refractivity contribution in [2.24, 2.45) is 0 Å². The summed E-state index contributed by atoms with van der Waals surface area (Å²) < 4.78 is 1.87. The zero-order chi connectivity index (χ0) is 21.5. The molecule has 3 aromatic rings. The Morgan fingerprint density at radius 2 is 1.87 bits per heavy atom. The number of rotatable bonds is 8. The van der Waals surface area contributed by atoms with E-state index in [0.29, 0.717) is 0 Å². The molecule has 2 aromatic carbocycles. The number of piperazine rings is 1. The van der Waals surface area contributed by atoms with E-state index in [4.69, 9.17) is 0 Å². The van der Waals surface area contributed by atoms with Crippen LogP contribution in [0.4, 0.5) is 11.4 Å². The normalized spacial score (nSPS) is 14.4. The number of nitrogens with one attached hydrogen (secondary N) is 2. The fraction of sp³-hybridized carbons (Fsp3) is 0.261. The molecular weight excluding hydrogens is 408 g/mol. The van der Waals surface area contributed by atoms with Gasteiger partial charge in [-0.15, -0.1) is 11.3 Å². The van der Waals surface area contributed by atoms with Gasteiger partial charge in [-0.3, -0.25) is 9.69 Å². The zero-order valence-electron chi connectivity index (χ0n) is 17.4. The highest BCUT2D eigenvalue weighted by atomic mass is 32.2. The van der Waals surface area contributed by atoms with Crippen LogP contribution in [0.3, 0.4) is 0 Å². The first-order chi connectivity index (χ1) is 15.2. The number of benzene rings is 2. The number of anilines is 2. The van der Waals surface area contributed by atoms with E-state index in [1.165, 1.54) is 11.8 Å². The molecule has 31 heavy (non-hydrogen) atoms. The van der Waals surface area contributed by atoms with E-state index in [9.17, 15) is 4.79 Å². The summed E-state index contributed by atoms with van der Waals surface area (Å²) in [6.07, 6.45) is 3.58. The summed E-state index contributed by atoms with van der Waals surface area (Å²) >= 11 is 1.40. The van der Waals surface area contributed by atoms with Gasteiger partial charge in [-0.1, -0.05) is 36.4 Å². The Morgan fingerprint density at radius 3 is 2.65 bits per heavy atom. The lowest BCUT2D eigenvalue weighted by molar-refractivity contribution is -0.694. The first kappa shape index (κ1) is 21.1. The second-order valence-corrected chi connectivity index (χ2v) is 8.21. The average Bonchev–Trinajstić information content (AvgIpc) is 3.28. The summed E-state index contributed by atoms with van der Waals surface area (Å²) in [5.74, 6) is 0.226. The Balaban J connectivity index is 1.37. The number of aromatic amines is 1. The lowest BCUT2D eigenvalue weighted by Crippen LogP contribution is -2.46. The number of H-pyrrole nitrogens is 1. The van der Waals surface area contributed by atoms with Crippen LogP contribution < -0.4 is 14.9 Å². The summed E-state index contributed by atoms with van der Waals surface area (Å²) in [4.78, 5) is 21.8. The topological polar surface area (TPSA) is 68.1 Å². The third-order valence-electron chi connectivity index (χ3n) is 5.18. The summed E-state index contributed by atoms with van der Waals surface area (Å²) in [5, 5.41) is 6.93. The number of hydrogen-bond donors (Lipinski definition) is 2. The van der Waals surface area contributed by atoms with E-state index in [1.807, 2.05) is 59.3 Å². The number of para-hydroxylation sites is 3. The number of thioether (sulfide) groups is 1. The van der Waals surface area contributed by atoms with Gasteiger partial charge in [0.25, 0.3) is 0 Å². The van der Waals surface area contributed by atoms with Crippen molar-refractivity contribution in [3.8, 4) is 5.69 Å². The first-order valence-electron chi connectivity index (χ1n) is 10.4. The minimum Gasteiger partial charge on any atom is -0.367 e. The number of carbonyl (C=O) groups is 1. The van der Waals surface area contributed by atoms with Gasteiger partial charge in [0.2, 0.25) is 12.2 Å². The predicted molar refractivity (Wildman–Crippen MR) is 125 cm³/mol. The average molecular weight is 436 g/mol. The van der Waals surface area contributed by atoms with E-state index in [2.05, 4.69) is 37.8 Å². The largest absolute Gasteiger partial charge is 0.385 e. The molecular formula is C23H27N6OS+. The molecule has 0 spiro atoms. The fourth-order valence-electron chi connectivity index (χ4n) is 3.64. The van der Waals surface area contributed by atoms with Crippen LogP contribution in [0.1, 0.15) is 0 Å². The minimum atomic E-state index is -0.0506. The van der Waals surface area contributed by atoms with E-state index in [-0.39, 0.29) is 11.7 Å². The molecule has 0 aliphatic carbocycles. The van der Waals surface area contributed by atoms with Crippen molar-refractivity contribution in [1.82, 2.24) is 15.0 Å². The third kappa shape index (κ3) is 5.34. The molecule has 2 N–H and O–H groups in total. The van der Waals surface area contributed by atoms with Gasteiger partial charge in [0.05, 0.1) is 17.1 Å². The third-order valence-corrected chi connectivity index (χ3v) is 6.13. The molecule has 1 amide bonds. The van der Waals surface area contributed by atoms with Crippen molar-refractivity contribution in [2.75, 3.05) is 48.7 Å². The molecule has 8 heteroatoms. The molecule has 0 atom stereocenters. The summed E-state index contributed by atoms with van der Waals surface area (Å²) in [5.41, 5.74) is 2.89. The van der Waals surface area contributed by atoms with Crippen molar-refractivity contribution in [3.05, 3.63) is 73.6 Å². The maximum atomic E-state index is 12.7. The van der Waals surface area contributed by atoms with Gasteiger partial charge in [0, 0.05) is 32.7 Å². The van der Waals surface area contributed by atoms with Crippen molar-refractivity contribution in [3.63, 3.8) is 0 Å². The van der Waals surface area contributed by atoms with Crippen LogP contribution in [-0.2, 0) is 4.79 Å². The lowest BCUT2D eigenvalue weighted by Gasteiger charge is -2.36. The van der Waals surface area contributed by atoms with Crippen molar-refractivity contribution in [2.45, 2.75) is 5.16 Å². The van der Waals surface area contributed by atoms with E-state index in [0.717, 1.165) is 54.9 Å². The SMILES string of the molecule is C=CCN1CCN(c2ccccc2NC(=O)CSc2nc[nH][n+]2-c2ccccc2)CC1. The first-order valence-corrected chi connectivity index (χ1v) is 11.3. The van der Waals surface area contributed by atoms with Gasteiger partial charge in [0.15, 0.2) is 5.69 Å². The smallest absolute Gasteiger partial charge is 0.367 e. The quantitative estimate of drug-likeness (QED) is 0.324. The molecule has 1 aliphatic heterocycles. The molecule has 1 aliphatic rings. The van der Waals surface area contributed by atoms with Crippen LogP contribution in [-0.4, -0.2) is 59.4 Å². The fourth-order valence-corrected chi connectivity index (χ4v) is 4.39. The van der Waals surface area contributed by atoms with Crippen LogP contribution in [0.25, 0.3) is 5.69 Å². The molecule has 160 valence electrons. The zero-order valence-corrected chi connectivity index (χ0v) is 18.2. The van der Waals surface area contributed by atoms with Gasteiger partial charge in [0.1, 0.15) is 0 Å². The van der Waals surface area contributed by atoms with Gasteiger partial charge < -0.3 is 10.2 Å². The van der Waals surface area contributed by atoms with Crippen LogP contribution in [0.2, 0.25) is 0 Å². The van der Waals surface area contributed by atoms with Gasteiger partial charge in [-0.05, 0) is 41.0 Å². The molecule has 0 bridgehead atoms. The molecule has 1 aromatic heterocycles. The standard InChI is InChI=1S/C23H26N6OS/c1-2-12-27-13-15-28(16-14-27)21-11-7-6-10-20(21)26-22(30)17-31-23-24-18-25-29(23)19-8-4-3-5-9-19/h2-11,18H,1,12-17H2,(H,26,30)/p+1. The van der Waals surface area contributed by atoms with E-state index in [1.54, 1.807) is 6.33 Å². The van der Waals surface area contributed by atoms with Crippen molar-refractivity contribution >= 4 is 29.0 Å². The van der Waals surface area contributed by atoms with Crippen LogP contribution in [0, 0.1) is 0 Å². The Bertz CT molecular complexity index is 1010. The lowest BCUT2D eigenvalue weighted by atomic mass is 10.2. The maximum absolute atomic E-state index is 12.7. The highest BCUT2D eigenvalue weighted by Gasteiger charge is 2.21. The Kier molecular flexibility index (Phi) is 7.01. The van der Waals surface area contributed by atoms with Gasteiger partial charge in [-0.2, -0.15) is 5.10 Å². The Labute approximate surface area is 186 Å². The molecule has 7 nitrogen and oxygen atoms in total. The van der Waals surface area contributed by atoms with Crippen LogP contribution >= 0.6 is 11.8 Å². The molecule has 2 heterocycles. The minimum absolute atomic E-state index is 0.0506. The number of aromatic nitrogens is 3. The molecule has 0 radical (unpaired) electrons. The molecule has 0 saturated carbocycles. The van der Waals surface area contributed by atoms with E-state index < -0.39 is 0 Å². The highest BCUT2D eigenvalue weighted by Crippen LogP contribution is 2.27. The predicted octanol–water partition coefficient (Wildman–Crippen LogP) is 2.73. The number of carbonyl (C=O) groups excluding carboxylic acids is 1. The van der Waals surface area contributed by atoms with Crippen molar-refractivity contribution < 1.29 is 9.48 Å². The van der Waals surface area contributed by atoms with Gasteiger partial charge in [-0.25, -0.2) is 0 Å². The summed E-state index contributed by atoms with van der Waals surface area (Å²) in [6, 6.07) is 17.9. The van der Waals surface area contributed by atoms with Gasteiger partial charge >= 0.3 is 5.16 Å². The monoisotopic (exact) mass is 435 g/mol. The maximum Gasteiger partial charge on any atom is 0.385 e. The second-order valence-electron chi connectivity index (χ2n) is 7.27. The summed E-state index contributed by atoms with van der Waals surface area (Å²) in [7, 11) is 0. The highest BCUT2D eigenvalue weighted by molar-refractivity contribution is 7.99. The molecule has 1 saturated heterocycles. The van der Waals surface area contributed by atoms with Crippen LogP contribution in [0.15, 0.2) is 78.7 Å². The molecule has 1 fully saturated rings. The van der Waals surface area contributed by atoms with Crippen molar-refractivity contribution in [1.29, 1.82) is 0 Å². The number of amides is 1. The molecule has 4 rings (SSSR count). The number of hydrogen-bond acceptors (Lipinski definition) is 5. The summed E-state index contributed by atoms with van der Waals surface area (Å²) in [6.45, 7) is 8.58. The number of nitrogens with zero attached hydrogens (tertiary/aromatic N) is 4.